The molecular weight excluding hydrogens is 308 g/mol. The van der Waals surface area contributed by atoms with Crippen molar-refractivity contribution in [1.29, 1.82) is 5.26 Å². The highest BCUT2D eigenvalue weighted by Gasteiger charge is 2.16. The fourth-order valence-electron chi connectivity index (χ4n) is 2.44. The summed E-state index contributed by atoms with van der Waals surface area (Å²) in [6.07, 6.45) is 0. The molecule has 0 radical (unpaired) electrons. The molecule has 0 aromatic heterocycles. The predicted octanol–water partition coefficient (Wildman–Crippen LogP) is 0.677. The number of benzene rings is 1. The highest BCUT2D eigenvalue weighted by molar-refractivity contribution is 5.94. The van der Waals surface area contributed by atoms with Crippen LogP contribution in [0.3, 0.4) is 0 Å². The van der Waals surface area contributed by atoms with Crippen LogP contribution in [-0.4, -0.2) is 67.6 Å². The number of nitriles is 1. The maximum atomic E-state index is 12.1. The first-order valence-corrected chi connectivity index (χ1v) is 7.94. The van der Waals surface area contributed by atoms with E-state index in [0.717, 1.165) is 19.6 Å². The highest BCUT2D eigenvalue weighted by atomic mass is 16.5. The van der Waals surface area contributed by atoms with Crippen LogP contribution in [0.5, 0.6) is 0 Å². The minimum atomic E-state index is -0.253. The molecule has 1 aromatic rings. The summed E-state index contributed by atoms with van der Waals surface area (Å²) in [5.41, 5.74) is 1.14. The second-order valence-electron chi connectivity index (χ2n) is 5.63. The highest BCUT2D eigenvalue weighted by Crippen LogP contribution is 2.09. The van der Waals surface area contributed by atoms with Crippen molar-refractivity contribution < 1.29 is 14.3 Å². The van der Waals surface area contributed by atoms with Crippen LogP contribution in [0, 0.1) is 11.3 Å². The molecule has 1 saturated heterocycles. The van der Waals surface area contributed by atoms with Gasteiger partial charge in [0.1, 0.15) is 0 Å². The maximum Gasteiger partial charge on any atom is 0.243 e. The van der Waals surface area contributed by atoms with Crippen LogP contribution < -0.4 is 5.32 Å². The molecule has 7 heteroatoms. The second-order valence-corrected chi connectivity index (χ2v) is 5.63. The van der Waals surface area contributed by atoms with Crippen molar-refractivity contribution in [2.75, 3.05) is 51.3 Å². The topological polar surface area (TPSA) is 85.7 Å². The number of carbonyl (C=O) groups excluding carboxylic acids is 2. The number of rotatable bonds is 6. The molecule has 0 saturated carbocycles. The molecule has 1 aliphatic heterocycles. The van der Waals surface area contributed by atoms with E-state index in [9.17, 15) is 9.59 Å². The zero-order valence-electron chi connectivity index (χ0n) is 13.8. The number of hydrogen-bond donors (Lipinski definition) is 1. The number of morpholine rings is 1. The number of nitrogens with one attached hydrogen (secondary N) is 1. The third kappa shape index (κ3) is 5.65. The molecule has 24 heavy (non-hydrogen) atoms. The molecule has 1 N–H and O–H groups in total. The first kappa shape index (κ1) is 17.9. The van der Waals surface area contributed by atoms with Crippen LogP contribution >= 0.6 is 0 Å². The van der Waals surface area contributed by atoms with E-state index in [2.05, 4.69) is 10.2 Å². The van der Waals surface area contributed by atoms with Crippen molar-refractivity contribution in [3.05, 3.63) is 29.8 Å². The Kier molecular flexibility index (Phi) is 6.73. The largest absolute Gasteiger partial charge is 0.379 e. The zero-order valence-corrected chi connectivity index (χ0v) is 13.8. The van der Waals surface area contributed by atoms with Crippen molar-refractivity contribution >= 4 is 17.5 Å². The maximum absolute atomic E-state index is 12.1. The Morgan fingerprint density at radius 2 is 1.96 bits per heavy atom. The van der Waals surface area contributed by atoms with Crippen LogP contribution in [0.2, 0.25) is 0 Å². The Hall–Kier alpha value is -2.43. The lowest BCUT2D eigenvalue weighted by Crippen LogP contribution is -2.44. The SMILES string of the molecule is CC(=O)N(CCN1CCOCC1)CC(=O)Nc1ccc(C#N)cc1. The first-order valence-electron chi connectivity index (χ1n) is 7.94. The summed E-state index contributed by atoms with van der Waals surface area (Å²) in [4.78, 5) is 27.6. The number of carbonyl (C=O) groups is 2. The van der Waals surface area contributed by atoms with Crippen molar-refractivity contribution in [2.45, 2.75) is 6.92 Å². The van der Waals surface area contributed by atoms with Crippen molar-refractivity contribution in [1.82, 2.24) is 9.80 Å². The molecule has 1 aromatic carbocycles. The van der Waals surface area contributed by atoms with Gasteiger partial charge in [-0.2, -0.15) is 5.26 Å². The van der Waals surface area contributed by atoms with E-state index in [0.29, 0.717) is 31.0 Å². The minimum absolute atomic E-state index is 0.0136. The summed E-state index contributed by atoms with van der Waals surface area (Å²) in [5, 5.41) is 11.5. The Balaban J connectivity index is 1.83. The van der Waals surface area contributed by atoms with E-state index in [4.69, 9.17) is 10.00 Å². The van der Waals surface area contributed by atoms with Gasteiger partial charge in [-0.05, 0) is 24.3 Å². The van der Waals surface area contributed by atoms with E-state index in [1.807, 2.05) is 6.07 Å². The Labute approximate surface area is 141 Å². The van der Waals surface area contributed by atoms with Gasteiger partial charge in [0.05, 0.1) is 31.4 Å². The minimum Gasteiger partial charge on any atom is -0.379 e. The van der Waals surface area contributed by atoms with Gasteiger partial charge in [0.2, 0.25) is 11.8 Å². The fourth-order valence-corrected chi connectivity index (χ4v) is 2.44. The van der Waals surface area contributed by atoms with Crippen LogP contribution in [-0.2, 0) is 14.3 Å². The van der Waals surface area contributed by atoms with E-state index >= 15 is 0 Å². The monoisotopic (exact) mass is 330 g/mol. The lowest BCUT2D eigenvalue weighted by Gasteiger charge is -2.29. The van der Waals surface area contributed by atoms with Gasteiger partial charge < -0.3 is 15.0 Å². The smallest absolute Gasteiger partial charge is 0.243 e. The average Bonchev–Trinajstić information content (AvgIpc) is 2.60. The van der Waals surface area contributed by atoms with E-state index in [-0.39, 0.29) is 18.4 Å². The third-order valence-corrected chi connectivity index (χ3v) is 3.87. The molecule has 1 heterocycles. The molecule has 2 amide bonds. The number of anilines is 1. The summed E-state index contributed by atoms with van der Waals surface area (Å²) in [5.74, 6) is -0.380. The van der Waals surface area contributed by atoms with Crippen LogP contribution in [0.4, 0.5) is 5.69 Å². The molecule has 1 fully saturated rings. The van der Waals surface area contributed by atoms with Gasteiger partial charge in [-0.3, -0.25) is 14.5 Å². The van der Waals surface area contributed by atoms with Gasteiger partial charge in [0, 0.05) is 38.8 Å². The van der Waals surface area contributed by atoms with E-state index in [1.54, 1.807) is 24.3 Å². The number of ether oxygens (including phenoxy) is 1. The molecule has 7 nitrogen and oxygen atoms in total. The van der Waals surface area contributed by atoms with Crippen molar-refractivity contribution in [3.63, 3.8) is 0 Å². The van der Waals surface area contributed by atoms with Gasteiger partial charge in [0.15, 0.2) is 0 Å². The predicted molar refractivity (Wildman–Crippen MR) is 89.3 cm³/mol. The summed E-state index contributed by atoms with van der Waals surface area (Å²) in [6, 6.07) is 8.63. The van der Waals surface area contributed by atoms with Gasteiger partial charge in [-0.25, -0.2) is 0 Å². The van der Waals surface area contributed by atoms with Gasteiger partial charge >= 0.3 is 0 Å². The summed E-state index contributed by atoms with van der Waals surface area (Å²) in [6.45, 7) is 5.84. The van der Waals surface area contributed by atoms with E-state index < -0.39 is 0 Å². The molecular formula is C17H22N4O3. The summed E-state index contributed by atoms with van der Waals surface area (Å²) >= 11 is 0. The third-order valence-electron chi connectivity index (χ3n) is 3.87. The molecule has 0 bridgehead atoms. The van der Waals surface area contributed by atoms with Gasteiger partial charge in [0.25, 0.3) is 0 Å². The quantitative estimate of drug-likeness (QED) is 0.829. The number of nitrogens with zero attached hydrogens (tertiary/aromatic N) is 3. The lowest BCUT2D eigenvalue weighted by atomic mass is 10.2. The second kappa shape index (κ2) is 9.01. The molecule has 0 spiro atoms. The van der Waals surface area contributed by atoms with E-state index in [1.165, 1.54) is 11.8 Å². The average molecular weight is 330 g/mol. The van der Waals surface area contributed by atoms with Gasteiger partial charge in [-0.15, -0.1) is 0 Å². The number of amides is 2. The molecule has 0 aliphatic carbocycles. The van der Waals surface area contributed by atoms with Crippen LogP contribution in [0.15, 0.2) is 24.3 Å². The Bertz CT molecular complexity index is 603. The summed E-state index contributed by atoms with van der Waals surface area (Å²) in [7, 11) is 0. The number of hydrogen-bond acceptors (Lipinski definition) is 5. The molecule has 0 atom stereocenters. The van der Waals surface area contributed by atoms with Crippen molar-refractivity contribution in [2.24, 2.45) is 0 Å². The molecule has 1 aliphatic rings. The normalized spacial score (nSPS) is 14.7. The molecule has 0 unspecified atom stereocenters. The molecule has 2 rings (SSSR count). The Morgan fingerprint density at radius 1 is 1.29 bits per heavy atom. The fraction of sp³-hybridized carbons (Fsp3) is 0.471. The Morgan fingerprint density at radius 3 is 2.54 bits per heavy atom. The zero-order chi connectivity index (χ0) is 17.4. The summed E-state index contributed by atoms with van der Waals surface area (Å²) < 4.78 is 5.29. The molecule has 128 valence electrons. The van der Waals surface area contributed by atoms with Crippen molar-refractivity contribution in [3.8, 4) is 6.07 Å². The van der Waals surface area contributed by atoms with Crippen LogP contribution in [0.1, 0.15) is 12.5 Å². The lowest BCUT2D eigenvalue weighted by molar-refractivity contribution is -0.133. The first-order chi connectivity index (χ1) is 11.6. The van der Waals surface area contributed by atoms with Crippen LogP contribution in [0.25, 0.3) is 0 Å². The van der Waals surface area contributed by atoms with Gasteiger partial charge in [-0.1, -0.05) is 0 Å². The standard InChI is InChI=1S/C17H22N4O3/c1-14(22)21(7-6-20-8-10-24-11-9-20)13-17(23)19-16-4-2-15(12-18)3-5-16/h2-5H,6-11,13H2,1H3,(H,19,23).